The van der Waals surface area contributed by atoms with Crippen molar-refractivity contribution in [1.29, 1.82) is 0 Å². The van der Waals surface area contributed by atoms with Crippen molar-refractivity contribution in [2.75, 3.05) is 6.54 Å². The highest BCUT2D eigenvalue weighted by Gasteiger charge is 2.21. The van der Waals surface area contributed by atoms with Crippen LogP contribution in [-0.2, 0) is 16.8 Å². The first-order chi connectivity index (χ1) is 13.1. The van der Waals surface area contributed by atoms with Crippen molar-refractivity contribution in [3.8, 4) is 11.4 Å². The van der Waals surface area contributed by atoms with Crippen molar-refractivity contribution in [3.63, 3.8) is 0 Å². The largest absolute Gasteiger partial charge is 0.355 e. The Morgan fingerprint density at radius 1 is 1.21 bits per heavy atom. The molecule has 0 saturated carbocycles. The SMILES string of the molecule is C=CCn1c(SC(C)C(=O)NCC(C)C)nnc1-c1ccc(C(C)(C)C)cc1. The summed E-state index contributed by atoms with van der Waals surface area (Å²) in [6, 6.07) is 8.43. The average molecular weight is 401 g/mol. The molecule has 6 heteroatoms. The minimum absolute atomic E-state index is 0.0166. The van der Waals surface area contributed by atoms with Gasteiger partial charge in [0.05, 0.1) is 5.25 Å². The molecule has 1 unspecified atom stereocenters. The van der Waals surface area contributed by atoms with E-state index in [2.05, 4.69) is 81.0 Å². The van der Waals surface area contributed by atoms with E-state index in [4.69, 9.17) is 0 Å². The van der Waals surface area contributed by atoms with Gasteiger partial charge in [0, 0.05) is 18.7 Å². The fraction of sp³-hybridized carbons (Fsp3) is 0.500. The fourth-order valence-electron chi connectivity index (χ4n) is 2.66. The smallest absolute Gasteiger partial charge is 0.233 e. The third-order valence-corrected chi connectivity index (χ3v) is 5.45. The lowest BCUT2D eigenvalue weighted by Gasteiger charge is -2.19. The van der Waals surface area contributed by atoms with Gasteiger partial charge in [-0.2, -0.15) is 0 Å². The lowest BCUT2D eigenvalue weighted by Crippen LogP contribution is -2.33. The second-order valence-corrected chi connectivity index (χ2v) is 9.74. The molecular formula is C22H32N4OS. The van der Waals surface area contributed by atoms with Gasteiger partial charge < -0.3 is 5.32 Å². The fourth-order valence-corrected chi connectivity index (χ4v) is 3.55. The van der Waals surface area contributed by atoms with E-state index in [0.717, 1.165) is 16.5 Å². The molecule has 2 rings (SSSR count). The van der Waals surface area contributed by atoms with Gasteiger partial charge in [0.2, 0.25) is 5.91 Å². The predicted octanol–water partition coefficient (Wildman–Crippen LogP) is 4.68. The van der Waals surface area contributed by atoms with E-state index < -0.39 is 0 Å². The van der Waals surface area contributed by atoms with E-state index in [1.54, 1.807) is 0 Å². The van der Waals surface area contributed by atoms with Crippen LogP contribution < -0.4 is 5.32 Å². The average Bonchev–Trinajstić information content (AvgIpc) is 3.01. The summed E-state index contributed by atoms with van der Waals surface area (Å²) >= 11 is 1.42. The van der Waals surface area contributed by atoms with Crippen LogP contribution in [0.2, 0.25) is 0 Å². The molecule has 0 aliphatic carbocycles. The van der Waals surface area contributed by atoms with Crippen LogP contribution in [0.5, 0.6) is 0 Å². The highest BCUT2D eigenvalue weighted by atomic mass is 32.2. The minimum Gasteiger partial charge on any atom is -0.355 e. The Hall–Kier alpha value is -2.08. The summed E-state index contributed by atoms with van der Waals surface area (Å²) < 4.78 is 2.01. The van der Waals surface area contributed by atoms with Gasteiger partial charge in [-0.3, -0.25) is 9.36 Å². The van der Waals surface area contributed by atoms with E-state index in [0.29, 0.717) is 19.0 Å². The zero-order valence-corrected chi connectivity index (χ0v) is 18.6. The topological polar surface area (TPSA) is 59.8 Å². The number of amides is 1. The summed E-state index contributed by atoms with van der Waals surface area (Å²) in [6.07, 6.45) is 1.82. The van der Waals surface area contributed by atoms with Crippen molar-refractivity contribution in [2.45, 2.75) is 63.9 Å². The summed E-state index contributed by atoms with van der Waals surface area (Å²) in [5, 5.41) is 12.2. The molecule has 0 fully saturated rings. The molecule has 1 aromatic carbocycles. The van der Waals surface area contributed by atoms with Gasteiger partial charge in [-0.05, 0) is 23.8 Å². The summed E-state index contributed by atoms with van der Waals surface area (Å²) in [4.78, 5) is 12.3. The summed E-state index contributed by atoms with van der Waals surface area (Å²) in [5.74, 6) is 1.23. The Balaban J connectivity index is 2.23. The van der Waals surface area contributed by atoms with Crippen molar-refractivity contribution < 1.29 is 4.79 Å². The van der Waals surface area contributed by atoms with Crippen LogP contribution in [0.25, 0.3) is 11.4 Å². The molecule has 0 spiro atoms. The monoisotopic (exact) mass is 400 g/mol. The highest BCUT2D eigenvalue weighted by molar-refractivity contribution is 8.00. The summed E-state index contributed by atoms with van der Waals surface area (Å²) in [7, 11) is 0. The van der Waals surface area contributed by atoms with Crippen LogP contribution in [0.3, 0.4) is 0 Å². The summed E-state index contributed by atoms with van der Waals surface area (Å²) in [6.45, 7) is 17.8. The number of nitrogens with zero attached hydrogens (tertiary/aromatic N) is 3. The van der Waals surface area contributed by atoms with Gasteiger partial charge in [-0.15, -0.1) is 16.8 Å². The normalized spacial score (nSPS) is 12.8. The van der Waals surface area contributed by atoms with Crippen molar-refractivity contribution >= 4 is 17.7 Å². The molecule has 28 heavy (non-hydrogen) atoms. The van der Waals surface area contributed by atoms with Gasteiger partial charge >= 0.3 is 0 Å². The predicted molar refractivity (Wildman–Crippen MR) is 118 cm³/mol. The van der Waals surface area contributed by atoms with Gasteiger partial charge in [0.1, 0.15) is 0 Å². The third kappa shape index (κ3) is 5.71. The molecule has 1 amide bonds. The van der Waals surface area contributed by atoms with Gasteiger partial charge in [-0.25, -0.2) is 0 Å². The molecule has 1 atom stereocenters. The lowest BCUT2D eigenvalue weighted by molar-refractivity contribution is -0.120. The molecule has 0 bridgehead atoms. The van der Waals surface area contributed by atoms with E-state index in [1.807, 2.05) is 17.6 Å². The van der Waals surface area contributed by atoms with Gasteiger partial charge in [0.15, 0.2) is 11.0 Å². The number of benzene rings is 1. The number of carbonyl (C=O) groups is 1. The number of carbonyl (C=O) groups excluding carboxylic acids is 1. The molecule has 1 heterocycles. The molecule has 0 aliphatic heterocycles. The maximum absolute atomic E-state index is 12.3. The summed E-state index contributed by atoms with van der Waals surface area (Å²) in [5.41, 5.74) is 2.38. The molecule has 1 N–H and O–H groups in total. The van der Waals surface area contributed by atoms with Gasteiger partial charge in [-0.1, -0.05) is 76.7 Å². The molecule has 0 radical (unpaired) electrons. The van der Waals surface area contributed by atoms with Crippen LogP contribution in [0.1, 0.15) is 47.1 Å². The number of hydrogen-bond acceptors (Lipinski definition) is 4. The van der Waals surface area contributed by atoms with Crippen LogP contribution in [0, 0.1) is 5.92 Å². The Morgan fingerprint density at radius 3 is 2.39 bits per heavy atom. The number of thioether (sulfide) groups is 1. The molecule has 152 valence electrons. The molecule has 2 aromatic rings. The lowest BCUT2D eigenvalue weighted by atomic mass is 9.87. The maximum Gasteiger partial charge on any atom is 0.233 e. The van der Waals surface area contributed by atoms with Gasteiger partial charge in [0.25, 0.3) is 0 Å². The van der Waals surface area contributed by atoms with E-state index in [9.17, 15) is 4.79 Å². The first-order valence-corrected chi connectivity index (χ1v) is 10.6. The van der Waals surface area contributed by atoms with Crippen LogP contribution in [0.15, 0.2) is 42.1 Å². The van der Waals surface area contributed by atoms with Crippen LogP contribution >= 0.6 is 11.8 Å². The zero-order chi connectivity index (χ0) is 20.9. The number of nitrogens with one attached hydrogen (secondary N) is 1. The quantitative estimate of drug-likeness (QED) is 0.516. The standard InChI is InChI=1S/C22H32N4OS/c1-8-13-26-19(17-9-11-18(12-10-17)22(5,6)7)24-25-21(26)28-16(4)20(27)23-14-15(2)3/h8-12,15-16H,1,13-14H2,2-7H3,(H,23,27). The molecular weight excluding hydrogens is 368 g/mol. The van der Waals surface area contributed by atoms with Crippen molar-refractivity contribution in [1.82, 2.24) is 20.1 Å². The van der Waals surface area contributed by atoms with Crippen molar-refractivity contribution in [3.05, 3.63) is 42.5 Å². The molecule has 0 aliphatic rings. The molecule has 1 aromatic heterocycles. The second kappa shape index (κ2) is 9.41. The Kier molecular flexibility index (Phi) is 7.47. The van der Waals surface area contributed by atoms with Crippen molar-refractivity contribution in [2.24, 2.45) is 5.92 Å². The van der Waals surface area contributed by atoms with E-state index in [1.165, 1.54) is 17.3 Å². The Morgan fingerprint density at radius 2 is 1.86 bits per heavy atom. The van der Waals surface area contributed by atoms with E-state index >= 15 is 0 Å². The first-order valence-electron chi connectivity index (χ1n) is 9.72. The second-order valence-electron chi connectivity index (χ2n) is 8.43. The zero-order valence-electron chi connectivity index (χ0n) is 17.8. The van der Waals surface area contributed by atoms with Crippen LogP contribution in [0.4, 0.5) is 0 Å². The highest BCUT2D eigenvalue weighted by Crippen LogP contribution is 2.29. The first kappa shape index (κ1) is 22.2. The number of rotatable bonds is 8. The minimum atomic E-state index is -0.248. The Bertz CT molecular complexity index is 803. The number of aromatic nitrogens is 3. The number of hydrogen-bond donors (Lipinski definition) is 1. The van der Waals surface area contributed by atoms with E-state index in [-0.39, 0.29) is 16.6 Å². The molecule has 5 nitrogen and oxygen atoms in total. The Labute approximate surface area is 173 Å². The number of allylic oxidation sites excluding steroid dienone is 1. The third-order valence-electron chi connectivity index (χ3n) is 4.37. The van der Waals surface area contributed by atoms with Crippen LogP contribution in [-0.4, -0.2) is 32.5 Å². The molecule has 0 saturated heterocycles. The maximum atomic E-state index is 12.3.